The Balaban J connectivity index is 2.20. The Hall–Kier alpha value is -1.36. The summed E-state index contributed by atoms with van der Waals surface area (Å²) in [5, 5.41) is 10.1. The first-order valence-corrected chi connectivity index (χ1v) is 5.04. The number of amides is 1. The normalized spacial score (nSPS) is 10.3. The molecule has 1 heterocycles. The van der Waals surface area contributed by atoms with E-state index in [0.29, 0.717) is 6.54 Å². The third-order valence-corrected chi connectivity index (χ3v) is 2.33. The number of aryl methyl sites for hydroxylation is 1. The summed E-state index contributed by atoms with van der Waals surface area (Å²) in [6.45, 7) is 5.78. The van der Waals surface area contributed by atoms with E-state index >= 15 is 0 Å². The second-order valence-corrected chi connectivity index (χ2v) is 3.54. The Morgan fingerprint density at radius 3 is 2.80 bits per heavy atom. The van der Waals surface area contributed by atoms with Crippen LogP contribution in [0.15, 0.2) is 6.20 Å². The summed E-state index contributed by atoms with van der Waals surface area (Å²) in [5.74, 6) is 0.00867. The van der Waals surface area contributed by atoms with Gasteiger partial charge < -0.3 is 10.6 Å². The Morgan fingerprint density at radius 2 is 2.27 bits per heavy atom. The number of rotatable bonds is 5. The molecule has 0 spiro atoms. The lowest BCUT2D eigenvalue weighted by molar-refractivity contribution is -0.118. The van der Waals surface area contributed by atoms with E-state index in [4.69, 9.17) is 0 Å². The highest BCUT2D eigenvalue weighted by Crippen LogP contribution is 2.03. The molecule has 0 aromatic carbocycles. The van der Waals surface area contributed by atoms with Crippen LogP contribution in [0.4, 0.5) is 0 Å². The van der Waals surface area contributed by atoms with Gasteiger partial charge in [-0.15, -0.1) is 0 Å². The van der Waals surface area contributed by atoms with Crippen molar-refractivity contribution in [3.63, 3.8) is 0 Å². The van der Waals surface area contributed by atoms with Gasteiger partial charge in [0.1, 0.15) is 0 Å². The van der Waals surface area contributed by atoms with Gasteiger partial charge in [-0.25, -0.2) is 0 Å². The zero-order chi connectivity index (χ0) is 11.3. The summed E-state index contributed by atoms with van der Waals surface area (Å²) in [5.41, 5.74) is 2.36. The Bertz CT molecular complexity index is 332. The van der Waals surface area contributed by atoms with Crippen molar-refractivity contribution in [3.05, 3.63) is 17.5 Å². The highest BCUT2D eigenvalue weighted by molar-refractivity contribution is 5.72. The van der Waals surface area contributed by atoms with Crippen molar-refractivity contribution in [2.24, 2.45) is 7.05 Å². The van der Waals surface area contributed by atoms with Crippen molar-refractivity contribution in [2.75, 3.05) is 13.1 Å². The van der Waals surface area contributed by atoms with Crippen LogP contribution in [-0.4, -0.2) is 28.8 Å². The Kier molecular flexibility index (Phi) is 4.30. The molecule has 5 nitrogen and oxygen atoms in total. The van der Waals surface area contributed by atoms with E-state index in [-0.39, 0.29) is 5.91 Å². The molecule has 1 rings (SSSR count). The predicted molar refractivity (Wildman–Crippen MR) is 58.3 cm³/mol. The van der Waals surface area contributed by atoms with Gasteiger partial charge in [-0.05, 0) is 6.92 Å². The number of hydrogen-bond donors (Lipinski definition) is 2. The van der Waals surface area contributed by atoms with Crippen molar-refractivity contribution in [1.29, 1.82) is 0 Å². The van der Waals surface area contributed by atoms with E-state index in [1.165, 1.54) is 18.2 Å². The van der Waals surface area contributed by atoms with Crippen LogP contribution in [0.5, 0.6) is 0 Å². The predicted octanol–water partition coefficient (Wildman–Crippen LogP) is -0.0458. The maximum absolute atomic E-state index is 10.6. The van der Waals surface area contributed by atoms with Gasteiger partial charge in [0.05, 0.1) is 6.20 Å². The molecule has 0 bridgehead atoms. The van der Waals surface area contributed by atoms with E-state index in [0.717, 1.165) is 13.1 Å². The molecule has 0 aliphatic heterocycles. The lowest BCUT2D eigenvalue weighted by Gasteiger charge is -2.04. The summed E-state index contributed by atoms with van der Waals surface area (Å²) >= 11 is 0. The smallest absolute Gasteiger partial charge is 0.216 e. The van der Waals surface area contributed by atoms with Crippen LogP contribution in [-0.2, 0) is 18.4 Å². The molecule has 0 saturated carbocycles. The van der Waals surface area contributed by atoms with Crippen molar-refractivity contribution < 1.29 is 4.79 Å². The molecule has 0 unspecified atom stereocenters. The molecule has 0 fully saturated rings. The minimum Gasteiger partial charge on any atom is -0.355 e. The average molecular weight is 210 g/mol. The van der Waals surface area contributed by atoms with E-state index in [9.17, 15) is 4.79 Å². The van der Waals surface area contributed by atoms with E-state index < -0.39 is 0 Å². The molecule has 1 aromatic heterocycles. The standard InChI is InChI=1S/C10H18N4O/c1-8-10(7-13-14(8)3)6-11-4-5-12-9(2)15/h7,11H,4-6H2,1-3H3,(H,12,15). The lowest BCUT2D eigenvalue weighted by Crippen LogP contribution is -2.29. The van der Waals surface area contributed by atoms with Crippen LogP contribution < -0.4 is 10.6 Å². The minimum absolute atomic E-state index is 0.00867. The molecule has 84 valence electrons. The van der Waals surface area contributed by atoms with Gasteiger partial charge >= 0.3 is 0 Å². The van der Waals surface area contributed by atoms with Crippen LogP contribution in [0.25, 0.3) is 0 Å². The molecular formula is C10H18N4O. The quantitative estimate of drug-likeness (QED) is 0.670. The van der Waals surface area contributed by atoms with Crippen LogP contribution in [0.3, 0.4) is 0 Å². The third kappa shape index (κ3) is 3.71. The maximum Gasteiger partial charge on any atom is 0.216 e. The van der Waals surface area contributed by atoms with Crippen molar-refractivity contribution in [1.82, 2.24) is 20.4 Å². The Labute approximate surface area is 89.9 Å². The summed E-state index contributed by atoms with van der Waals surface area (Å²) in [4.78, 5) is 10.6. The van der Waals surface area contributed by atoms with E-state index in [2.05, 4.69) is 15.7 Å². The monoisotopic (exact) mass is 210 g/mol. The van der Waals surface area contributed by atoms with Crippen molar-refractivity contribution in [3.8, 4) is 0 Å². The van der Waals surface area contributed by atoms with Crippen molar-refractivity contribution >= 4 is 5.91 Å². The van der Waals surface area contributed by atoms with Gasteiger partial charge in [0.15, 0.2) is 0 Å². The third-order valence-electron chi connectivity index (χ3n) is 2.33. The molecule has 1 amide bonds. The minimum atomic E-state index is 0.00867. The summed E-state index contributed by atoms with van der Waals surface area (Å²) < 4.78 is 1.85. The van der Waals surface area contributed by atoms with Crippen LogP contribution in [0.2, 0.25) is 0 Å². The number of aromatic nitrogens is 2. The SMILES string of the molecule is CC(=O)NCCNCc1cnn(C)c1C. The molecule has 0 atom stereocenters. The second kappa shape index (κ2) is 5.50. The van der Waals surface area contributed by atoms with Crippen LogP contribution in [0, 0.1) is 6.92 Å². The lowest BCUT2D eigenvalue weighted by atomic mass is 10.2. The van der Waals surface area contributed by atoms with Crippen LogP contribution >= 0.6 is 0 Å². The molecular weight excluding hydrogens is 192 g/mol. The fraction of sp³-hybridized carbons (Fsp3) is 0.600. The molecule has 1 aromatic rings. The molecule has 0 saturated heterocycles. The average Bonchev–Trinajstić information content (AvgIpc) is 2.48. The summed E-state index contributed by atoms with van der Waals surface area (Å²) in [7, 11) is 1.93. The van der Waals surface area contributed by atoms with Gasteiger partial charge in [-0.1, -0.05) is 0 Å². The highest BCUT2D eigenvalue weighted by Gasteiger charge is 2.01. The zero-order valence-electron chi connectivity index (χ0n) is 9.50. The number of carbonyl (C=O) groups excluding carboxylic acids is 1. The largest absolute Gasteiger partial charge is 0.355 e. The fourth-order valence-electron chi connectivity index (χ4n) is 1.27. The number of hydrogen-bond acceptors (Lipinski definition) is 3. The van der Waals surface area contributed by atoms with Crippen molar-refractivity contribution in [2.45, 2.75) is 20.4 Å². The van der Waals surface area contributed by atoms with Gasteiger partial charge in [0.2, 0.25) is 5.91 Å². The highest BCUT2D eigenvalue weighted by atomic mass is 16.1. The Morgan fingerprint density at radius 1 is 1.53 bits per heavy atom. The van der Waals surface area contributed by atoms with Gasteiger partial charge in [0.25, 0.3) is 0 Å². The molecule has 0 aliphatic carbocycles. The van der Waals surface area contributed by atoms with Gasteiger partial charge in [-0.2, -0.15) is 5.10 Å². The molecule has 5 heteroatoms. The zero-order valence-corrected chi connectivity index (χ0v) is 9.50. The van der Waals surface area contributed by atoms with Gasteiger partial charge in [-0.3, -0.25) is 9.48 Å². The van der Waals surface area contributed by atoms with E-state index in [1.54, 1.807) is 0 Å². The second-order valence-electron chi connectivity index (χ2n) is 3.54. The maximum atomic E-state index is 10.6. The number of carbonyl (C=O) groups is 1. The summed E-state index contributed by atoms with van der Waals surface area (Å²) in [6.07, 6.45) is 1.86. The topological polar surface area (TPSA) is 59.0 Å². The molecule has 2 N–H and O–H groups in total. The summed E-state index contributed by atoms with van der Waals surface area (Å²) in [6, 6.07) is 0. The first-order valence-electron chi connectivity index (χ1n) is 5.04. The van der Waals surface area contributed by atoms with Crippen LogP contribution in [0.1, 0.15) is 18.2 Å². The van der Waals surface area contributed by atoms with E-state index in [1.807, 2.05) is 24.9 Å². The molecule has 15 heavy (non-hydrogen) atoms. The first-order chi connectivity index (χ1) is 7.11. The fourth-order valence-corrected chi connectivity index (χ4v) is 1.27. The van der Waals surface area contributed by atoms with Gasteiger partial charge in [0, 0.05) is 44.9 Å². The number of nitrogens with zero attached hydrogens (tertiary/aromatic N) is 2. The first kappa shape index (κ1) is 11.7. The number of nitrogens with one attached hydrogen (secondary N) is 2. The molecule has 0 radical (unpaired) electrons. The molecule has 0 aliphatic rings.